The third-order valence-corrected chi connectivity index (χ3v) is 10.3. The van der Waals surface area contributed by atoms with Crippen LogP contribution in [0.15, 0.2) is 41.3 Å². The molecular formula is C28H39ClN4O4Si2. The Labute approximate surface area is 236 Å². The number of pyridine rings is 2. The zero-order chi connectivity index (χ0) is 28.4. The summed E-state index contributed by atoms with van der Waals surface area (Å²) in [6.45, 7) is 15.4. The van der Waals surface area contributed by atoms with E-state index in [1.165, 1.54) is 0 Å². The Morgan fingerprint density at radius 1 is 0.897 bits per heavy atom. The Morgan fingerprint density at radius 3 is 2.13 bits per heavy atom. The normalized spacial score (nSPS) is 12.5. The Hall–Kier alpha value is -2.51. The number of rotatable bonds is 12. The van der Waals surface area contributed by atoms with Crippen molar-refractivity contribution in [1.82, 2.24) is 19.1 Å². The second-order valence-corrected chi connectivity index (χ2v) is 23.9. The Balaban J connectivity index is 1.72. The maximum absolute atomic E-state index is 13.5. The monoisotopic (exact) mass is 586 g/mol. The van der Waals surface area contributed by atoms with Crippen molar-refractivity contribution in [2.45, 2.75) is 64.8 Å². The van der Waals surface area contributed by atoms with E-state index >= 15 is 0 Å². The highest BCUT2D eigenvalue weighted by atomic mass is 35.5. The molecule has 0 aliphatic carbocycles. The molecule has 0 saturated carbocycles. The smallest absolute Gasteiger partial charge is 0.334 e. The first-order valence-electron chi connectivity index (χ1n) is 13.3. The lowest BCUT2D eigenvalue weighted by Gasteiger charge is -2.15. The van der Waals surface area contributed by atoms with Crippen molar-refractivity contribution in [1.29, 1.82) is 0 Å². The Morgan fingerprint density at radius 2 is 1.54 bits per heavy atom. The highest BCUT2D eigenvalue weighted by Gasteiger charge is 2.19. The van der Waals surface area contributed by atoms with Crippen molar-refractivity contribution in [3.63, 3.8) is 0 Å². The summed E-state index contributed by atoms with van der Waals surface area (Å²) in [5.74, 6) is 0.458. The molecule has 0 spiro atoms. The van der Waals surface area contributed by atoms with Gasteiger partial charge in [0.2, 0.25) is 5.88 Å². The van der Waals surface area contributed by atoms with Gasteiger partial charge in [0, 0.05) is 52.6 Å². The van der Waals surface area contributed by atoms with E-state index in [-0.39, 0.29) is 19.2 Å². The summed E-state index contributed by atoms with van der Waals surface area (Å²) in [4.78, 5) is 22.7. The fourth-order valence-corrected chi connectivity index (χ4v) is 5.87. The van der Waals surface area contributed by atoms with E-state index in [0.29, 0.717) is 35.3 Å². The van der Waals surface area contributed by atoms with Crippen LogP contribution >= 0.6 is 11.6 Å². The summed E-state index contributed by atoms with van der Waals surface area (Å²) >= 11 is 6.52. The minimum atomic E-state index is -1.25. The van der Waals surface area contributed by atoms with Crippen LogP contribution in [0.3, 0.4) is 0 Å². The van der Waals surface area contributed by atoms with E-state index in [1.54, 1.807) is 28.5 Å². The van der Waals surface area contributed by atoms with Gasteiger partial charge in [-0.3, -0.25) is 9.13 Å². The van der Waals surface area contributed by atoms with Gasteiger partial charge in [0.1, 0.15) is 13.5 Å². The molecule has 0 saturated heterocycles. The number of ether oxygens (including phenoxy) is 3. The first kappa shape index (κ1) is 29.5. The average molecular weight is 587 g/mol. The fourth-order valence-electron chi connectivity index (χ4n) is 4.11. The van der Waals surface area contributed by atoms with Crippen molar-refractivity contribution >= 4 is 49.8 Å². The van der Waals surface area contributed by atoms with Gasteiger partial charge in [-0.15, -0.1) is 0 Å². The van der Waals surface area contributed by atoms with Crippen molar-refractivity contribution in [3.05, 3.63) is 52.0 Å². The summed E-state index contributed by atoms with van der Waals surface area (Å²) in [7, 11) is -0.937. The standard InChI is InChI=1S/C28H39ClN4O4Si2/c1-35-26-16-23(29)22(17-30-26)20-8-9-24-21(14-20)15-25-27(31-24)33(19-37-11-13-39(5,6)7)28(34)32(25)18-36-10-12-38(2,3)4/h8-9,14-17H,10-13,18-19H2,1-7H3. The van der Waals surface area contributed by atoms with Gasteiger partial charge < -0.3 is 14.2 Å². The highest BCUT2D eigenvalue weighted by Crippen LogP contribution is 2.32. The molecular weight excluding hydrogens is 548 g/mol. The van der Waals surface area contributed by atoms with Gasteiger partial charge in [-0.2, -0.15) is 0 Å². The summed E-state index contributed by atoms with van der Waals surface area (Å²) < 4.78 is 20.4. The molecule has 0 aliphatic rings. The zero-order valence-electron chi connectivity index (χ0n) is 24.0. The van der Waals surface area contributed by atoms with Crippen LogP contribution in [-0.4, -0.2) is 55.6 Å². The lowest BCUT2D eigenvalue weighted by Crippen LogP contribution is -2.28. The van der Waals surface area contributed by atoms with Gasteiger partial charge in [-0.1, -0.05) is 56.9 Å². The molecule has 1 aromatic carbocycles. The largest absolute Gasteiger partial charge is 0.481 e. The summed E-state index contributed by atoms with van der Waals surface area (Å²) in [6.07, 6.45) is 1.70. The van der Waals surface area contributed by atoms with Crippen LogP contribution in [0.2, 0.25) is 56.4 Å². The van der Waals surface area contributed by atoms with Crippen LogP contribution in [0.4, 0.5) is 0 Å². The lowest BCUT2D eigenvalue weighted by molar-refractivity contribution is 0.0753. The van der Waals surface area contributed by atoms with Crippen LogP contribution in [-0.2, 0) is 22.9 Å². The number of fused-ring (bicyclic) bond motifs is 2. The number of nitrogens with zero attached hydrogens (tertiary/aromatic N) is 4. The fraction of sp³-hybridized carbons (Fsp3) is 0.464. The average Bonchev–Trinajstić information content (AvgIpc) is 3.11. The van der Waals surface area contributed by atoms with Gasteiger partial charge in [-0.05, 0) is 35.9 Å². The van der Waals surface area contributed by atoms with E-state index in [1.807, 2.05) is 24.3 Å². The number of imidazole rings is 1. The topological polar surface area (TPSA) is 80.4 Å². The predicted octanol–water partition coefficient (Wildman–Crippen LogP) is 6.70. The summed E-state index contributed by atoms with van der Waals surface area (Å²) in [5, 5.41) is 1.43. The van der Waals surface area contributed by atoms with Crippen LogP contribution < -0.4 is 10.4 Å². The lowest BCUT2D eigenvalue weighted by atomic mass is 10.0. The molecule has 0 radical (unpaired) electrons. The van der Waals surface area contributed by atoms with Gasteiger partial charge in [0.15, 0.2) is 5.65 Å². The number of hydrogen-bond donors (Lipinski definition) is 0. The molecule has 210 valence electrons. The van der Waals surface area contributed by atoms with Gasteiger partial charge >= 0.3 is 5.69 Å². The zero-order valence-corrected chi connectivity index (χ0v) is 26.8. The maximum Gasteiger partial charge on any atom is 0.334 e. The molecule has 39 heavy (non-hydrogen) atoms. The SMILES string of the molecule is COc1cc(Cl)c(-c2ccc3nc4c(cc3c2)n(COCC[Si](C)(C)C)c(=O)n4COCC[Si](C)(C)C)cn1. The van der Waals surface area contributed by atoms with Crippen molar-refractivity contribution < 1.29 is 14.2 Å². The van der Waals surface area contributed by atoms with Crippen molar-refractivity contribution in [2.24, 2.45) is 0 Å². The highest BCUT2D eigenvalue weighted by molar-refractivity contribution is 6.76. The molecule has 3 heterocycles. The third kappa shape index (κ3) is 7.37. The first-order valence-corrected chi connectivity index (χ1v) is 21.0. The second kappa shape index (κ2) is 11.9. The Kier molecular flexibility index (Phi) is 9.02. The van der Waals surface area contributed by atoms with Crippen LogP contribution in [0.1, 0.15) is 0 Å². The van der Waals surface area contributed by atoms with E-state index in [2.05, 4.69) is 44.3 Å². The number of methoxy groups -OCH3 is 1. The van der Waals surface area contributed by atoms with Crippen molar-refractivity contribution in [3.8, 4) is 17.0 Å². The van der Waals surface area contributed by atoms with Crippen LogP contribution in [0, 0.1) is 0 Å². The molecule has 0 amide bonds. The molecule has 4 aromatic rings. The maximum atomic E-state index is 13.5. The molecule has 11 heteroatoms. The number of halogens is 1. The molecule has 4 rings (SSSR count). The molecule has 0 aliphatic heterocycles. The number of aromatic nitrogens is 4. The molecule has 0 fully saturated rings. The third-order valence-electron chi connectivity index (χ3n) is 6.57. The summed E-state index contributed by atoms with van der Waals surface area (Å²) in [5.41, 5.74) is 3.59. The molecule has 0 N–H and O–H groups in total. The predicted molar refractivity (Wildman–Crippen MR) is 165 cm³/mol. The van der Waals surface area contributed by atoms with Crippen LogP contribution in [0.25, 0.3) is 33.2 Å². The first-order chi connectivity index (χ1) is 18.4. The second-order valence-electron chi connectivity index (χ2n) is 12.3. The van der Waals surface area contributed by atoms with E-state index < -0.39 is 16.1 Å². The van der Waals surface area contributed by atoms with E-state index in [4.69, 9.17) is 30.8 Å². The van der Waals surface area contributed by atoms with Gasteiger partial charge in [0.05, 0.1) is 23.2 Å². The molecule has 3 aromatic heterocycles. The number of benzene rings is 1. The number of hydrogen-bond acceptors (Lipinski definition) is 6. The van der Waals surface area contributed by atoms with Gasteiger partial charge in [0.25, 0.3) is 0 Å². The molecule has 0 bridgehead atoms. The van der Waals surface area contributed by atoms with Crippen LogP contribution in [0.5, 0.6) is 5.88 Å². The quantitative estimate of drug-likeness (QED) is 0.136. The molecule has 8 nitrogen and oxygen atoms in total. The van der Waals surface area contributed by atoms with E-state index in [9.17, 15) is 4.79 Å². The summed E-state index contributed by atoms with van der Waals surface area (Å²) in [6, 6.07) is 11.7. The minimum absolute atomic E-state index is 0.158. The van der Waals surface area contributed by atoms with Gasteiger partial charge in [-0.25, -0.2) is 14.8 Å². The van der Waals surface area contributed by atoms with Crippen molar-refractivity contribution in [2.75, 3.05) is 20.3 Å². The molecule has 0 unspecified atom stereocenters. The van der Waals surface area contributed by atoms with E-state index in [0.717, 1.165) is 34.1 Å². The minimum Gasteiger partial charge on any atom is -0.481 e. The Bertz CT molecular complexity index is 1520. The molecule has 0 atom stereocenters.